The highest BCUT2D eigenvalue weighted by atomic mass is 35.5. The van der Waals surface area contributed by atoms with Crippen LogP contribution in [0.2, 0.25) is 10.0 Å². The fraction of sp³-hybridized carbons (Fsp3) is 0.0625. The SMILES string of the molecule is NC(=O)Cn1c(=O)oc2cc(C(=O)c3ccc(Cl)c(Cl)c3)ccc21. The number of fused-ring (bicyclic) bond motifs is 1. The molecular formula is C16H10Cl2N2O4. The van der Waals surface area contributed by atoms with Crippen LogP contribution in [0.25, 0.3) is 11.1 Å². The first-order valence-electron chi connectivity index (χ1n) is 6.78. The van der Waals surface area contributed by atoms with E-state index in [1.807, 2.05) is 0 Å². The molecule has 0 aliphatic rings. The molecule has 0 saturated carbocycles. The summed E-state index contributed by atoms with van der Waals surface area (Å²) >= 11 is 11.8. The lowest BCUT2D eigenvalue weighted by molar-refractivity contribution is -0.118. The van der Waals surface area contributed by atoms with E-state index in [-0.39, 0.29) is 22.9 Å². The van der Waals surface area contributed by atoms with Gasteiger partial charge in [0, 0.05) is 11.1 Å². The minimum atomic E-state index is -0.720. The van der Waals surface area contributed by atoms with Crippen molar-refractivity contribution in [3.05, 3.63) is 68.1 Å². The van der Waals surface area contributed by atoms with Crippen molar-refractivity contribution in [1.82, 2.24) is 4.57 Å². The second-order valence-corrected chi connectivity index (χ2v) is 5.88. The number of benzene rings is 2. The Labute approximate surface area is 145 Å². The number of hydrogen-bond acceptors (Lipinski definition) is 4. The summed E-state index contributed by atoms with van der Waals surface area (Å²) in [6.07, 6.45) is 0. The highest BCUT2D eigenvalue weighted by Crippen LogP contribution is 2.25. The maximum absolute atomic E-state index is 12.5. The summed E-state index contributed by atoms with van der Waals surface area (Å²) in [4.78, 5) is 35.3. The van der Waals surface area contributed by atoms with Crippen LogP contribution in [-0.4, -0.2) is 16.3 Å². The van der Waals surface area contributed by atoms with Gasteiger partial charge in [-0.3, -0.25) is 14.2 Å². The van der Waals surface area contributed by atoms with Crippen LogP contribution < -0.4 is 11.5 Å². The Balaban J connectivity index is 2.04. The molecule has 0 aliphatic heterocycles. The smallest absolute Gasteiger partial charge is 0.408 e. The number of amides is 1. The monoisotopic (exact) mass is 364 g/mol. The molecule has 0 fully saturated rings. The molecule has 2 aromatic carbocycles. The number of primary amides is 1. The number of carbonyl (C=O) groups is 2. The molecule has 122 valence electrons. The Morgan fingerprint density at radius 1 is 1.04 bits per heavy atom. The third kappa shape index (κ3) is 2.93. The number of nitrogens with zero attached hydrogens (tertiary/aromatic N) is 1. The van der Waals surface area contributed by atoms with Crippen LogP contribution in [-0.2, 0) is 11.3 Å². The van der Waals surface area contributed by atoms with Gasteiger partial charge >= 0.3 is 5.76 Å². The zero-order valence-electron chi connectivity index (χ0n) is 12.1. The lowest BCUT2D eigenvalue weighted by Crippen LogP contribution is -2.24. The van der Waals surface area contributed by atoms with Gasteiger partial charge in [-0.2, -0.15) is 0 Å². The zero-order valence-corrected chi connectivity index (χ0v) is 13.6. The molecule has 24 heavy (non-hydrogen) atoms. The Kier molecular flexibility index (Phi) is 4.17. The number of halogens is 2. The molecule has 0 saturated heterocycles. The first kappa shape index (κ1) is 16.3. The van der Waals surface area contributed by atoms with Crippen LogP contribution >= 0.6 is 23.2 Å². The van der Waals surface area contributed by atoms with Crippen molar-refractivity contribution in [2.45, 2.75) is 6.54 Å². The van der Waals surface area contributed by atoms with Gasteiger partial charge < -0.3 is 10.2 Å². The van der Waals surface area contributed by atoms with Gasteiger partial charge in [-0.25, -0.2) is 4.79 Å². The van der Waals surface area contributed by atoms with E-state index in [1.54, 1.807) is 6.07 Å². The van der Waals surface area contributed by atoms with Crippen LogP contribution in [0.5, 0.6) is 0 Å². The molecule has 8 heteroatoms. The van der Waals surface area contributed by atoms with E-state index in [9.17, 15) is 14.4 Å². The topological polar surface area (TPSA) is 95.3 Å². The lowest BCUT2D eigenvalue weighted by Gasteiger charge is -2.03. The summed E-state index contributed by atoms with van der Waals surface area (Å²) in [5.41, 5.74) is 6.33. The number of aromatic nitrogens is 1. The average molecular weight is 365 g/mol. The molecule has 6 nitrogen and oxygen atoms in total. The minimum Gasteiger partial charge on any atom is -0.408 e. The summed E-state index contributed by atoms with van der Waals surface area (Å²) in [5, 5.41) is 0.612. The molecule has 3 aromatic rings. The third-order valence-corrected chi connectivity index (χ3v) is 4.17. The van der Waals surface area contributed by atoms with E-state index in [1.165, 1.54) is 30.3 Å². The van der Waals surface area contributed by atoms with Crippen LogP contribution in [0.15, 0.2) is 45.6 Å². The van der Waals surface area contributed by atoms with Gasteiger partial charge in [0.25, 0.3) is 0 Å². The number of nitrogens with two attached hydrogens (primary N) is 1. The summed E-state index contributed by atoms with van der Waals surface area (Å²) in [6.45, 7) is -0.300. The summed E-state index contributed by atoms with van der Waals surface area (Å²) in [7, 11) is 0. The van der Waals surface area contributed by atoms with Gasteiger partial charge in [-0.05, 0) is 36.4 Å². The molecule has 0 bridgehead atoms. The van der Waals surface area contributed by atoms with Crippen LogP contribution in [0, 0.1) is 0 Å². The van der Waals surface area contributed by atoms with Crippen molar-refractivity contribution in [3.8, 4) is 0 Å². The second-order valence-electron chi connectivity index (χ2n) is 5.06. The first-order chi connectivity index (χ1) is 11.4. The average Bonchev–Trinajstić information content (AvgIpc) is 2.84. The van der Waals surface area contributed by atoms with Crippen LogP contribution in [0.1, 0.15) is 15.9 Å². The van der Waals surface area contributed by atoms with Crippen molar-refractivity contribution in [3.63, 3.8) is 0 Å². The van der Waals surface area contributed by atoms with Crippen LogP contribution in [0.4, 0.5) is 0 Å². The second kappa shape index (κ2) is 6.14. The molecule has 1 amide bonds. The third-order valence-electron chi connectivity index (χ3n) is 3.43. The normalized spacial score (nSPS) is 10.9. The molecule has 0 radical (unpaired) electrons. The molecule has 3 rings (SSSR count). The highest BCUT2D eigenvalue weighted by Gasteiger charge is 2.16. The number of oxazole rings is 1. The Morgan fingerprint density at radius 2 is 1.71 bits per heavy atom. The fourth-order valence-electron chi connectivity index (χ4n) is 2.32. The van der Waals surface area contributed by atoms with Gasteiger partial charge in [0.1, 0.15) is 6.54 Å². The minimum absolute atomic E-state index is 0.187. The summed E-state index contributed by atoms with van der Waals surface area (Å²) in [6, 6.07) is 9.02. The van der Waals surface area contributed by atoms with Crippen molar-refractivity contribution >= 4 is 46.0 Å². The van der Waals surface area contributed by atoms with Crippen molar-refractivity contribution in [2.75, 3.05) is 0 Å². The van der Waals surface area contributed by atoms with Crippen LogP contribution in [0.3, 0.4) is 0 Å². The lowest BCUT2D eigenvalue weighted by atomic mass is 10.0. The van der Waals surface area contributed by atoms with E-state index in [0.717, 1.165) is 4.57 Å². The Morgan fingerprint density at radius 3 is 2.38 bits per heavy atom. The molecule has 0 atom stereocenters. The summed E-state index contributed by atoms with van der Waals surface area (Å²) < 4.78 is 6.17. The van der Waals surface area contributed by atoms with Gasteiger partial charge in [0.05, 0.1) is 15.6 Å². The van der Waals surface area contributed by atoms with E-state index in [0.29, 0.717) is 21.7 Å². The zero-order chi connectivity index (χ0) is 17.4. The predicted octanol–water partition coefficient (Wildman–Crippen LogP) is 2.62. The van der Waals surface area contributed by atoms with Gasteiger partial charge in [0.2, 0.25) is 5.91 Å². The van der Waals surface area contributed by atoms with Crippen molar-refractivity contribution in [1.29, 1.82) is 0 Å². The van der Waals surface area contributed by atoms with E-state index < -0.39 is 11.7 Å². The van der Waals surface area contributed by atoms with E-state index in [2.05, 4.69) is 0 Å². The number of hydrogen-bond donors (Lipinski definition) is 1. The molecule has 1 aromatic heterocycles. The maximum atomic E-state index is 12.5. The van der Waals surface area contributed by atoms with E-state index >= 15 is 0 Å². The van der Waals surface area contributed by atoms with Gasteiger partial charge in [0.15, 0.2) is 11.4 Å². The maximum Gasteiger partial charge on any atom is 0.420 e. The molecule has 0 spiro atoms. The molecule has 2 N–H and O–H groups in total. The van der Waals surface area contributed by atoms with Gasteiger partial charge in [-0.1, -0.05) is 23.2 Å². The largest absolute Gasteiger partial charge is 0.420 e. The van der Waals surface area contributed by atoms with Gasteiger partial charge in [-0.15, -0.1) is 0 Å². The molecule has 1 heterocycles. The Hall–Kier alpha value is -2.57. The first-order valence-corrected chi connectivity index (χ1v) is 7.54. The Bertz CT molecular complexity index is 1040. The van der Waals surface area contributed by atoms with E-state index in [4.69, 9.17) is 33.4 Å². The number of rotatable bonds is 4. The summed E-state index contributed by atoms with van der Waals surface area (Å²) in [5.74, 6) is -1.69. The molecule has 0 aliphatic carbocycles. The highest BCUT2D eigenvalue weighted by molar-refractivity contribution is 6.42. The standard InChI is InChI=1S/C16H10Cl2N2O4/c17-10-3-1-8(5-11(10)18)15(22)9-2-4-12-13(6-9)24-16(23)20(12)7-14(19)21/h1-6H,7H2,(H2,19,21). The number of carbonyl (C=O) groups excluding carboxylic acids is 2. The molecule has 0 unspecified atom stereocenters. The van der Waals surface area contributed by atoms with Crippen molar-refractivity contribution in [2.24, 2.45) is 5.73 Å². The quantitative estimate of drug-likeness (QED) is 0.719. The predicted molar refractivity (Wildman–Crippen MR) is 89.6 cm³/mol. The van der Waals surface area contributed by atoms with Crippen molar-refractivity contribution < 1.29 is 14.0 Å². The number of ketones is 1. The fourth-order valence-corrected chi connectivity index (χ4v) is 2.62. The molecular weight excluding hydrogens is 355 g/mol.